The Balaban J connectivity index is 1.99. The number of benzene rings is 3. The van der Waals surface area contributed by atoms with Crippen LogP contribution in [-0.4, -0.2) is 8.42 Å². The summed E-state index contributed by atoms with van der Waals surface area (Å²) in [5, 5.41) is 0. The molecule has 0 N–H and O–H groups in total. The molecule has 0 aliphatic rings. The van der Waals surface area contributed by atoms with Gasteiger partial charge in [-0.1, -0.05) is 72.6 Å². The molecular weight excluding hydrogens is 488 g/mol. The van der Waals surface area contributed by atoms with Gasteiger partial charge in [0.2, 0.25) is 0 Å². The van der Waals surface area contributed by atoms with E-state index >= 15 is 0 Å². The lowest BCUT2D eigenvalue weighted by molar-refractivity contribution is 0.300. The standard InChI is InChI=1S/C26H29BrO4S/c1-17-10-12-22(13-11-17)32(28,29)31-21-14-20(24(27)23(15-21)26(4,5)6)16-30-25-18(2)8-7-9-19(25)3/h7-15H,16H2,1-6H3. The summed E-state index contributed by atoms with van der Waals surface area (Å²) < 4.78 is 38.3. The molecule has 6 heteroatoms. The molecule has 0 fully saturated rings. The summed E-state index contributed by atoms with van der Waals surface area (Å²) in [5.74, 6) is 1.09. The van der Waals surface area contributed by atoms with Crippen LogP contribution in [0.5, 0.6) is 11.5 Å². The van der Waals surface area contributed by atoms with Crippen LogP contribution in [0.2, 0.25) is 0 Å². The summed E-state index contributed by atoms with van der Waals surface area (Å²) in [6, 6.07) is 16.1. The third-order valence-corrected chi connectivity index (χ3v) is 7.42. The fourth-order valence-electron chi connectivity index (χ4n) is 3.41. The van der Waals surface area contributed by atoms with Gasteiger partial charge in [-0.15, -0.1) is 0 Å². The number of hydrogen-bond acceptors (Lipinski definition) is 4. The van der Waals surface area contributed by atoms with Crippen LogP contribution in [0.25, 0.3) is 0 Å². The van der Waals surface area contributed by atoms with Crippen molar-refractivity contribution < 1.29 is 17.3 Å². The molecule has 4 nitrogen and oxygen atoms in total. The van der Waals surface area contributed by atoms with E-state index in [-0.39, 0.29) is 22.7 Å². The Morgan fingerprint density at radius 3 is 2.06 bits per heavy atom. The first kappa shape index (κ1) is 24.3. The number of para-hydroxylation sites is 1. The molecule has 170 valence electrons. The van der Waals surface area contributed by atoms with Crippen LogP contribution in [0, 0.1) is 20.8 Å². The van der Waals surface area contributed by atoms with Crippen molar-refractivity contribution in [3.8, 4) is 11.5 Å². The molecule has 0 spiro atoms. The maximum atomic E-state index is 12.9. The van der Waals surface area contributed by atoms with Crippen molar-refractivity contribution in [2.45, 2.75) is 58.5 Å². The largest absolute Gasteiger partial charge is 0.488 e. The Morgan fingerprint density at radius 1 is 0.906 bits per heavy atom. The molecule has 0 saturated carbocycles. The highest BCUT2D eigenvalue weighted by Gasteiger charge is 2.24. The molecule has 0 aromatic heterocycles. The Hall–Kier alpha value is -2.31. The molecule has 3 aromatic carbocycles. The van der Waals surface area contributed by atoms with Crippen molar-refractivity contribution >= 4 is 26.0 Å². The minimum atomic E-state index is -3.96. The quantitative estimate of drug-likeness (QED) is 0.330. The van der Waals surface area contributed by atoms with E-state index in [1.165, 1.54) is 0 Å². The van der Waals surface area contributed by atoms with Crippen LogP contribution in [-0.2, 0) is 22.1 Å². The molecule has 3 aromatic rings. The first-order valence-corrected chi connectivity index (χ1v) is 12.6. The Morgan fingerprint density at radius 2 is 1.50 bits per heavy atom. The van der Waals surface area contributed by atoms with Gasteiger partial charge in [0.1, 0.15) is 23.0 Å². The van der Waals surface area contributed by atoms with Crippen molar-refractivity contribution in [2.75, 3.05) is 0 Å². The molecule has 0 amide bonds. The molecule has 0 atom stereocenters. The molecule has 32 heavy (non-hydrogen) atoms. The van der Waals surface area contributed by atoms with E-state index in [9.17, 15) is 8.42 Å². The SMILES string of the molecule is Cc1ccc(S(=O)(=O)Oc2cc(COc3c(C)cccc3C)c(Br)c(C(C)(C)C)c2)cc1. The number of aryl methyl sites for hydroxylation is 3. The van der Waals surface area contributed by atoms with Gasteiger partial charge >= 0.3 is 10.1 Å². The fraction of sp³-hybridized carbons (Fsp3) is 0.308. The fourth-order valence-corrected chi connectivity index (χ4v) is 5.26. The Labute approximate surface area is 199 Å². The number of halogens is 1. The van der Waals surface area contributed by atoms with E-state index in [0.29, 0.717) is 0 Å². The smallest absolute Gasteiger partial charge is 0.339 e. The number of rotatable bonds is 6. The van der Waals surface area contributed by atoms with Crippen molar-refractivity contribution in [3.05, 3.63) is 86.9 Å². The zero-order chi connectivity index (χ0) is 23.7. The third-order valence-electron chi connectivity index (χ3n) is 5.23. The van der Waals surface area contributed by atoms with Crippen LogP contribution >= 0.6 is 15.9 Å². The Kier molecular flexibility index (Phi) is 7.06. The monoisotopic (exact) mass is 516 g/mol. The number of hydrogen-bond donors (Lipinski definition) is 0. The van der Waals surface area contributed by atoms with Gasteiger partial charge in [-0.2, -0.15) is 8.42 Å². The number of ether oxygens (including phenoxy) is 1. The van der Waals surface area contributed by atoms with Crippen LogP contribution in [0.3, 0.4) is 0 Å². The molecule has 0 aliphatic carbocycles. The second kappa shape index (κ2) is 9.28. The highest BCUT2D eigenvalue weighted by Crippen LogP contribution is 2.37. The summed E-state index contributed by atoms with van der Waals surface area (Å²) in [7, 11) is -3.96. The minimum Gasteiger partial charge on any atom is -0.488 e. The van der Waals surface area contributed by atoms with Gasteiger partial charge < -0.3 is 8.92 Å². The van der Waals surface area contributed by atoms with Crippen molar-refractivity contribution in [1.82, 2.24) is 0 Å². The summed E-state index contributed by atoms with van der Waals surface area (Å²) in [5.41, 5.74) is 4.59. The average molecular weight is 517 g/mol. The molecule has 0 unspecified atom stereocenters. The Bertz CT molecular complexity index is 1200. The van der Waals surface area contributed by atoms with E-state index in [4.69, 9.17) is 8.92 Å². The normalized spacial score (nSPS) is 12.0. The lowest BCUT2D eigenvalue weighted by Crippen LogP contribution is -2.16. The van der Waals surface area contributed by atoms with Gasteiger partial charge in [0.15, 0.2) is 0 Å². The van der Waals surface area contributed by atoms with Gasteiger partial charge in [0.05, 0.1) is 0 Å². The van der Waals surface area contributed by atoms with E-state index in [2.05, 4.69) is 36.7 Å². The second-order valence-electron chi connectivity index (χ2n) is 9.05. The van der Waals surface area contributed by atoms with Gasteiger partial charge in [0, 0.05) is 10.0 Å². The molecule has 3 rings (SSSR count). The zero-order valence-corrected chi connectivity index (χ0v) is 21.7. The summed E-state index contributed by atoms with van der Waals surface area (Å²) in [6.07, 6.45) is 0. The lowest BCUT2D eigenvalue weighted by Gasteiger charge is -2.24. The molecule has 0 heterocycles. The first-order valence-electron chi connectivity index (χ1n) is 10.4. The predicted molar refractivity (Wildman–Crippen MR) is 132 cm³/mol. The van der Waals surface area contributed by atoms with Crippen LogP contribution in [0.4, 0.5) is 0 Å². The van der Waals surface area contributed by atoms with Crippen molar-refractivity contribution in [2.24, 2.45) is 0 Å². The molecular formula is C26H29BrO4S. The maximum Gasteiger partial charge on any atom is 0.339 e. The van der Waals surface area contributed by atoms with Crippen LogP contribution in [0.15, 0.2) is 64.0 Å². The topological polar surface area (TPSA) is 52.6 Å². The maximum absolute atomic E-state index is 12.9. The zero-order valence-electron chi connectivity index (χ0n) is 19.3. The molecule has 0 saturated heterocycles. The van der Waals surface area contributed by atoms with E-state index in [0.717, 1.165) is 38.0 Å². The van der Waals surface area contributed by atoms with E-state index in [1.54, 1.807) is 36.4 Å². The third kappa shape index (κ3) is 5.54. The van der Waals surface area contributed by atoms with Gasteiger partial charge in [-0.3, -0.25) is 0 Å². The van der Waals surface area contributed by atoms with E-state index < -0.39 is 10.1 Å². The predicted octanol–water partition coefficient (Wildman–Crippen LogP) is 7.02. The van der Waals surface area contributed by atoms with E-state index in [1.807, 2.05) is 39.0 Å². The van der Waals surface area contributed by atoms with Crippen LogP contribution in [0.1, 0.15) is 48.6 Å². The highest BCUT2D eigenvalue weighted by molar-refractivity contribution is 9.10. The summed E-state index contributed by atoms with van der Waals surface area (Å²) in [6.45, 7) is 12.4. The first-order chi connectivity index (χ1) is 14.9. The highest BCUT2D eigenvalue weighted by atomic mass is 79.9. The second-order valence-corrected chi connectivity index (χ2v) is 11.4. The van der Waals surface area contributed by atoms with Gasteiger partial charge in [0.25, 0.3) is 0 Å². The summed E-state index contributed by atoms with van der Waals surface area (Å²) >= 11 is 3.71. The van der Waals surface area contributed by atoms with Gasteiger partial charge in [-0.25, -0.2) is 0 Å². The van der Waals surface area contributed by atoms with Crippen molar-refractivity contribution in [3.63, 3.8) is 0 Å². The minimum absolute atomic E-state index is 0.122. The lowest BCUT2D eigenvalue weighted by atomic mass is 9.86. The molecule has 0 radical (unpaired) electrons. The van der Waals surface area contributed by atoms with Crippen molar-refractivity contribution in [1.29, 1.82) is 0 Å². The average Bonchev–Trinajstić information content (AvgIpc) is 2.69. The summed E-state index contributed by atoms with van der Waals surface area (Å²) in [4.78, 5) is 0.122. The van der Waals surface area contributed by atoms with Gasteiger partial charge in [-0.05, 0) is 67.1 Å². The van der Waals surface area contributed by atoms with Crippen LogP contribution < -0.4 is 8.92 Å². The molecule has 0 bridgehead atoms. The molecule has 0 aliphatic heterocycles.